The number of hydrogen-bond acceptors (Lipinski definition) is 3. The van der Waals surface area contributed by atoms with Crippen LogP contribution >= 0.6 is 0 Å². The van der Waals surface area contributed by atoms with Gasteiger partial charge in [-0.1, -0.05) is 5.76 Å². The second-order valence-corrected chi connectivity index (χ2v) is 3.67. The molecule has 0 bridgehead atoms. The van der Waals surface area contributed by atoms with Crippen LogP contribution in [0.2, 0.25) is 0 Å². The highest BCUT2D eigenvalue weighted by Gasteiger charge is 2.45. The zero-order valence-corrected chi connectivity index (χ0v) is 8.77. The average Bonchev–Trinajstić information content (AvgIpc) is 2.51. The molecule has 0 atom stereocenters. The van der Waals surface area contributed by atoms with E-state index in [1.165, 1.54) is 0 Å². The van der Waals surface area contributed by atoms with E-state index in [2.05, 4.69) is 0 Å². The molecule has 3 nitrogen and oxygen atoms in total. The third kappa shape index (κ3) is 1.88. The summed E-state index contributed by atoms with van der Waals surface area (Å²) in [4.78, 5) is 22.4. The molecule has 0 aromatic heterocycles. The first-order valence-electron chi connectivity index (χ1n) is 4.71. The predicted molar refractivity (Wildman–Crippen MR) is 48.7 cm³/mol. The third-order valence-corrected chi connectivity index (χ3v) is 2.49. The Morgan fingerprint density at radius 1 is 1.05 bits per heavy atom. The highest BCUT2D eigenvalue weighted by atomic mass is 19.4. The van der Waals surface area contributed by atoms with Crippen molar-refractivity contribution in [2.75, 3.05) is 0 Å². The fourth-order valence-electron chi connectivity index (χ4n) is 1.64. The summed E-state index contributed by atoms with van der Waals surface area (Å²) in [6, 6.07) is 0.586. The summed E-state index contributed by atoms with van der Waals surface area (Å²) in [7, 11) is 0. The largest absolute Gasteiger partial charge is 0.871 e. The number of alkyl halides is 3. The van der Waals surface area contributed by atoms with Crippen LogP contribution in [0.1, 0.15) is 15.9 Å². The Morgan fingerprint density at radius 2 is 1.53 bits per heavy atom. The minimum atomic E-state index is -5.42. The summed E-state index contributed by atoms with van der Waals surface area (Å²) in [5, 5.41) is 11.5. The minimum Gasteiger partial charge on any atom is -0.871 e. The van der Waals surface area contributed by atoms with Gasteiger partial charge in [-0.05, 0) is 17.7 Å². The fraction of sp³-hybridized carbons (Fsp3) is 0.0909. The lowest BCUT2D eigenvalue weighted by Gasteiger charge is -2.11. The van der Waals surface area contributed by atoms with Crippen molar-refractivity contribution in [2.45, 2.75) is 6.18 Å². The van der Waals surface area contributed by atoms with Crippen molar-refractivity contribution in [1.82, 2.24) is 0 Å². The van der Waals surface area contributed by atoms with Crippen LogP contribution in [0.3, 0.4) is 0 Å². The Labute approximate surface area is 102 Å². The Bertz CT molecular complexity index is 642. The fourth-order valence-corrected chi connectivity index (χ4v) is 1.64. The Kier molecular flexibility index (Phi) is 2.69. The van der Waals surface area contributed by atoms with Crippen molar-refractivity contribution in [3.05, 3.63) is 40.5 Å². The van der Waals surface area contributed by atoms with Crippen LogP contribution in [0.4, 0.5) is 22.0 Å². The average molecular weight is 277 g/mol. The van der Waals surface area contributed by atoms with Crippen molar-refractivity contribution < 1.29 is 36.6 Å². The molecule has 1 aromatic rings. The molecule has 0 heterocycles. The van der Waals surface area contributed by atoms with Gasteiger partial charge in [0.2, 0.25) is 0 Å². The summed E-state index contributed by atoms with van der Waals surface area (Å²) < 4.78 is 62.4. The summed E-state index contributed by atoms with van der Waals surface area (Å²) in [5.41, 5.74) is -3.15. The highest BCUT2D eigenvalue weighted by Crippen LogP contribution is 2.34. The van der Waals surface area contributed by atoms with Gasteiger partial charge in [-0.25, -0.2) is 8.78 Å². The topological polar surface area (TPSA) is 57.2 Å². The first-order valence-corrected chi connectivity index (χ1v) is 4.71. The molecule has 1 aliphatic rings. The van der Waals surface area contributed by atoms with Crippen LogP contribution in [-0.2, 0) is 4.79 Å². The molecule has 0 aliphatic heterocycles. The maximum absolute atomic E-state index is 12.9. The molecule has 1 aromatic carbocycles. The number of allylic oxidation sites excluding steroid dienone is 1. The van der Waals surface area contributed by atoms with Crippen molar-refractivity contribution in [3.8, 4) is 0 Å². The second kappa shape index (κ2) is 3.87. The molecule has 0 spiro atoms. The number of rotatable bonds is 1. The second-order valence-electron chi connectivity index (χ2n) is 3.67. The van der Waals surface area contributed by atoms with E-state index >= 15 is 0 Å². The summed E-state index contributed by atoms with van der Waals surface area (Å²) in [6.45, 7) is 0. The summed E-state index contributed by atoms with van der Waals surface area (Å²) in [5.74, 6) is -8.73. The molecule has 0 fully saturated rings. The molecule has 1 aliphatic carbocycles. The van der Waals surface area contributed by atoms with Crippen LogP contribution in [0.25, 0.3) is 5.76 Å². The van der Waals surface area contributed by atoms with Gasteiger partial charge in [0.25, 0.3) is 5.78 Å². The number of carbonyl (C=O) groups is 2. The lowest BCUT2D eigenvalue weighted by molar-refractivity contribution is -0.244. The van der Waals surface area contributed by atoms with Crippen LogP contribution in [0, 0.1) is 11.6 Å². The molecule has 0 saturated carbocycles. The van der Waals surface area contributed by atoms with Crippen molar-refractivity contribution in [1.29, 1.82) is 0 Å². The molecule has 0 unspecified atom stereocenters. The number of benzene rings is 1. The first-order chi connectivity index (χ1) is 8.64. The van der Waals surface area contributed by atoms with E-state index in [1.54, 1.807) is 0 Å². The van der Waals surface area contributed by atoms with Gasteiger partial charge in [0.05, 0.1) is 5.57 Å². The van der Waals surface area contributed by atoms with Gasteiger partial charge in [0.15, 0.2) is 17.4 Å². The number of fused-ring (bicyclic) bond motifs is 1. The standard InChI is InChI=1S/C11H3F5O3/c12-5-1-3-4(2-6(5)13)9(18)7(8(3)17)10(19)11(14,15)16/h1-2,17H/p-1. The highest BCUT2D eigenvalue weighted by molar-refractivity contribution is 6.35. The van der Waals surface area contributed by atoms with Crippen molar-refractivity contribution >= 4 is 17.3 Å². The molecule has 8 heteroatoms. The third-order valence-electron chi connectivity index (χ3n) is 2.49. The van der Waals surface area contributed by atoms with Gasteiger partial charge >= 0.3 is 6.18 Å². The maximum atomic E-state index is 12.9. The summed E-state index contributed by atoms with van der Waals surface area (Å²) >= 11 is 0. The lowest BCUT2D eigenvalue weighted by Crippen LogP contribution is -2.28. The molecule has 19 heavy (non-hydrogen) atoms. The van der Waals surface area contributed by atoms with Crippen molar-refractivity contribution in [2.24, 2.45) is 0 Å². The van der Waals surface area contributed by atoms with Crippen LogP contribution in [0.5, 0.6) is 0 Å². The first kappa shape index (κ1) is 13.2. The van der Waals surface area contributed by atoms with E-state index in [-0.39, 0.29) is 0 Å². The van der Waals surface area contributed by atoms with Gasteiger partial charge in [-0.3, -0.25) is 9.59 Å². The zero-order chi connectivity index (χ0) is 14.5. The summed E-state index contributed by atoms with van der Waals surface area (Å²) in [6.07, 6.45) is -5.42. The number of halogens is 5. The molecule has 100 valence electrons. The molecule has 2 rings (SSSR count). The predicted octanol–water partition coefficient (Wildman–Crippen LogP) is 1.36. The Morgan fingerprint density at radius 3 is 2.00 bits per heavy atom. The zero-order valence-electron chi connectivity index (χ0n) is 8.77. The van der Waals surface area contributed by atoms with Gasteiger partial charge in [-0.2, -0.15) is 13.2 Å². The van der Waals surface area contributed by atoms with E-state index in [9.17, 15) is 36.6 Å². The van der Waals surface area contributed by atoms with Gasteiger partial charge in [0.1, 0.15) is 0 Å². The van der Waals surface area contributed by atoms with E-state index in [0.29, 0.717) is 12.1 Å². The Hall–Kier alpha value is -2.25. The molecular formula is C11H2F5O3-. The lowest BCUT2D eigenvalue weighted by atomic mass is 10.1. The number of ketones is 2. The number of carbonyl (C=O) groups excluding carboxylic acids is 2. The molecule has 0 N–H and O–H groups in total. The van der Waals surface area contributed by atoms with E-state index in [0.717, 1.165) is 0 Å². The molecule has 0 radical (unpaired) electrons. The van der Waals surface area contributed by atoms with Gasteiger partial charge in [0, 0.05) is 5.56 Å². The van der Waals surface area contributed by atoms with E-state index in [1.807, 2.05) is 0 Å². The van der Waals surface area contributed by atoms with E-state index in [4.69, 9.17) is 0 Å². The maximum Gasteiger partial charge on any atom is 0.454 e. The van der Waals surface area contributed by atoms with Crippen molar-refractivity contribution in [3.63, 3.8) is 0 Å². The Balaban J connectivity index is 2.63. The van der Waals surface area contributed by atoms with Gasteiger partial charge < -0.3 is 5.11 Å². The monoisotopic (exact) mass is 277 g/mol. The molecule has 0 saturated heterocycles. The van der Waals surface area contributed by atoms with Crippen LogP contribution < -0.4 is 5.11 Å². The molecular weight excluding hydrogens is 275 g/mol. The van der Waals surface area contributed by atoms with Gasteiger partial charge in [-0.15, -0.1) is 0 Å². The number of Topliss-reactive ketones (excluding diaryl/α,β-unsaturated/α-hetero) is 2. The van der Waals surface area contributed by atoms with Crippen LogP contribution in [-0.4, -0.2) is 17.7 Å². The van der Waals surface area contributed by atoms with E-state index < -0.39 is 51.8 Å². The quantitative estimate of drug-likeness (QED) is 0.575. The molecule has 0 amide bonds. The van der Waals surface area contributed by atoms with Crippen LogP contribution in [0.15, 0.2) is 17.7 Å². The minimum absolute atomic E-state index is 0.293. The number of hydrogen-bond donors (Lipinski definition) is 0. The normalized spacial score (nSPS) is 14.9. The smallest absolute Gasteiger partial charge is 0.454 e. The SMILES string of the molecule is O=C1C(C(=O)C(F)(F)F)=C([O-])c2cc(F)c(F)cc21.